The summed E-state index contributed by atoms with van der Waals surface area (Å²) in [6.07, 6.45) is 0. The van der Waals surface area contributed by atoms with Crippen LogP contribution < -0.4 is 5.32 Å². The predicted octanol–water partition coefficient (Wildman–Crippen LogP) is 2.04. The second kappa shape index (κ2) is 6.23. The van der Waals surface area contributed by atoms with Crippen molar-refractivity contribution in [3.63, 3.8) is 0 Å². The Morgan fingerprint density at radius 1 is 1.44 bits per heavy atom. The van der Waals surface area contributed by atoms with E-state index in [0.717, 1.165) is 5.56 Å². The minimum Gasteiger partial charge on any atom is -0.465 e. The van der Waals surface area contributed by atoms with Crippen molar-refractivity contribution in [2.45, 2.75) is 19.9 Å². The number of ether oxygens (including phenoxy) is 1. The molecule has 0 aliphatic heterocycles. The van der Waals surface area contributed by atoms with Crippen LogP contribution in [0.2, 0.25) is 0 Å². The zero-order chi connectivity index (χ0) is 12.0. The molecule has 4 heteroatoms. The van der Waals surface area contributed by atoms with Gasteiger partial charge in [-0.3, -0.25) is 4.79 Å². The van der Waals surface area contributed by atoms with Gasteiger partial charge in [0.15, 0.2) is 0 Å². The Morgan fingerprint density at radius 2 is 2.06 bits per heavy atom. The molecule has 0 fully saturated rings. The van der Waals surface area contributed by atoms with Crippen molar-refractivity contribution in [3.8, 4) is 0 Å². The number of benzene rings is 1. The Bertz CT molecular complexity index is 337. The van der Waals surface area contributed by atoms with Crippen LogP contribution in [-0.2, 0) is 9.53 Å². The van der Waals surface area contributed by atoms with E-state index < -0.39 is 0 Å². The molecule has 0 bridgehead atoms. The monoisotopic (exact) mass is 225 g/mol. The first-order valence-corrected chi connectivity index (χ1v) is 5.28. The molecule has 0 aromatic heterocycles. The molecule has 1 aromatic carbocycles. The molecule has 0 spiro atoms. The zero-order valence-electron chi connectivity index (χ0n) is 9.50. The molecule has 0 aliphatic carbocycles. The van der Waals surface area contributed by atoms with E-state index in [2.05, 4.69) is 5.32 Å². The molecule has 1 aromatic rings. The minimum absolute atomic E-state index is 0.00925. The summed E-state index contributed by atoms with van der Waals surface area (Å²) in [5, 5.41) is 3.01. The van der Waals surface area contributed by atoms with Crippen LogP contribution in [-0.4, -0.2) is 19.1 Å². The molecule has 88 valence electrons. The van der Waals surface area contributed by atoms with Crippen molar-refractivity contribution >= 4 is 5.97 Å². The molecule has 16 heavy (non-hydrogen) atoms. The number of hydrogen-bond acceptors (Lipinski definition) is 3. The summed E-state index contributed by atoms with van der Waals surface area (Å²) >= 11 is 0. The first kappa shape index (κ1) is 12.6. The normalized spacial score (nSPS) is 12.2. The summed E-state index contributed by atoms with van der Waals surface area (Å²) in [5.74, 6) is -0.544. The van der Waals surface area contributed by atoms with Gasteiger partial charge < -0.3 is 10.1 Å². The Kier molecular flexibility index (Phi) is 4.92. The highest BCUT2D eigenvalue weighted by Crippen LogP contribution is 2.12. The lowest BCUT2D eigenvalue weighted by molar-refractivity contribution is -0.142. The van der Waals surface area contributed by atoms with Gasteiger partial charge in [0.1, 0.15) is 5.82 Å². The van der Waals surface area contributed by atoms with Crippen LogP contribution in [0.1, 0.15) is 25.5 Å². The first-order chi connectivity index (χ1) is 7.63. The SMILES string of the molecule is CCOC(=O)CNC(C)c1ccc(F)cc1. The molecule has 0 amide bonds. The van der Waals surface area contributed by atoms with Gasteiger partial charge in [-0.1, -0.05) is 12.1 Å². The van der Waals surface area contributed by atoms with E-state index in [1.54, 1.807) is 19.1 Å². The standard InChI is InChI=1S/C12H16FNO2/c1-3-16-12(15)8-14-9(2)10-4-6-11(13)7-5-10/h4-7,9,14H,3,8H2,1-2H3. The molecule has 1 unspecified atom stereocenters. The van der Waals surface area contributed by atoms with Crippen molar-refractivity contribution in [1.82, 2.24) is 5.32 Å². The van der Waals surface area contributed by atoms with Crippen molar-refractivity contribution in [2.75, 3.05) is 13.2 Å². The second-order valence-electron chi connectivity index (χ2n) is 3.46. The summed E-state index contributed by atoms with van der Waals surface area (Å²) in [5.41, 5.74) is 0.936. The van der Waals surface area contributed by atoms with Gasteiger partial charge in [-0.15, -0.1) is 0 Å². The fraction of sp³-hybridized carbons (Fsp3) is 0.417. The molecule has 0 heterocycles. The number of carbonyl (C=O) groups excluding carboxylic acids is 1. The lowest BCUT2D eigenvalue weighted by atomic mass is 10.1. The van der Waals surface area contributed by atoms with Gasteiger partial charge in [0.2, 0.25) is 0 Å². The van der Waals surface area contributed by atoms with Crippen LogP contribution in [0.15, 0.2) is 24.3 Å². The van der Waals surface area contributed by atoms with Gasteiger partial charge in [-0.2, -0.15) is 0 Å². The predicted molar refractivity (Wildman–Crippen MR) is 59.5 cm³/mol. The van der Waals surface area contributed by atoms with E-state index in [4.69, 9.17) is 4.74 Å². The lowest BCUT2D eigenvalue weighted by Crippen LogP contribution is -2.27. The fourth-order valence-corrected chi connectivity index (χ4v) is 1.32. The van der Waals surface area contributed by atoms with Gasteiger partial charge in [0.05, 0.1) is 13.2 Å². The van der Waals surface area contributed by atoms with E-state index in [9.17, 15) is 9.18 Å². The number of hydrogen-bond donors (Lipinski definition) is 1. The molecule has 1 N–H and O–H groups in total. The maximum atomic E-state index is 12.7. The highest BCUT2D eigenvalue weighted by atomic mass is 19.1. The maximum Gasteiger partial charge on any atom is 0.319 e. The van der Waals surface area contributed by atoms with E-state index in [1.807, 2.05) is 6.92 Å². The number of halogens is 1. The Hall–Kier alpha value is -1.42. The molecule has 0 saturated carbocycles. The van der Waals surface area contributed by atoms with E-state index in [0.29, 0.717) is 6.61 Å². The van der Waals surface area contributed by atoms with Gasteiger partial charge in [0, 0.05) is 6.04 Å². The number of carbonyl (C=O) groups is 1. The highest BCUT2D eigenvalue weighted by molar-refractivity contribution is 5.71. The largest absolute Gasteiger partial charge is 0.465 e. The lowest BCUT2D eigenvalue weighted by Gasteiger charge is -2.13. The van der Waals surface area contributed by atoms with E-state index >= 15 is 0 Å². The van der Waals surface area contributed by atoms with E-state index in [1.165, 1.54) is 12.1 Å². The Balaban J connectivity index is 2.43. The average molecular weight is 225 g/mol. The zero-order valence-corrected chi connectivity index (χ0v) is 9.50. The maximum absolute atomic E-state index is 12.7. The Morgan fingerprint density at radius 3 is 2.62 bits per heavy atom. The summed E-state index contributed by atoms with van der Waals surface area (Å²) in [6.45, 7) is 4.21. The van der Waals surface area contributed by atoms with Crippen LogP contribution in [0.5, 0.6) is 0 Å². The van der Waals surface area contributed by atoms with Crippen molar-refractivity contribution < 1.29 is 13.9 Å². The quantitative estimate of drug-likeness (QED) is 0.779. The van der Waals surface area contributed by atoms with Crippen LogP contribution >= 0.6 is 0 Å². The molecular weight excluding hydrogens is 209 g/mol. The first-order valence-electron chi connectivity index (χ1n) is 5.28. The third-order valence-electron chi connectivity index (χ3n) is 2.23. The third-order valence-corrected chi connectivity index (χ3v) is 2.23. The summed E-state index contributed by atoms with van der Waals surface area (Å²) in [7, 11) is 0. The second-order valence-corrected chi connectivity index (χ2v) is 3.46. The van der Waals surface area contributed by atoms with Gasteiger partial charge >= 0.3 is 5.97 Å². The molecule has 1 rings (SSSR count). The van der Waals surface area contributed by atoms with Crippen LogP contribution in [0.4, 0.5) is 4.39 Å². The third kappa shape index (κ3) is 3.98. The molecule has 3 nitrogen and oxygen atoms in total. The van der Waals surface area contributed by atoms with Gasteiger partial charge in [0.25, 0.3) is 0 Å². The number of esters is 1. The van der Waals surface area contributed by atoms with E-state index in [-0.39, 0.29) is 24.4 Å². The van der Waals surface area contributed by atoms with Crippen LogP contribution in [0, 0.1) is 5.82 Å². The van der Waals surface area contributed by atoms with Crippen LogP contribution in [0.3, 0.4) is 0 Å². The van der Waals surface area contributed by atoms with Gasteiger partial charge in [-0.25, -0.2) is 4.39 Å². The molecular formula is C12H16FNO2. The minimum atomic E-state index is -0.281. The fourth-order valence-electron chi connectivity index (χ4n) is 1.32. The average Bonchev–Trinajstić information content (AvgIpc) is 2.27. The van der Waals surface area contributed by atoms with Gasteiger partial charge in [-0.05, 0) is 31.5 Å². The number of rotatable bonds is 5. The van der Waals surface area contributed by atoms with Crippen molar-refractivity contribution in [1.29, 1.82) is 0 Å². The summed E-state index contributed by atoms with van der Waals surface area (Å²) < 4.78 is 17.5. The molecule has 0 radical (unpaired) electrons. The van der Waals surface area contributed by atoms with Crippen LogP contribution in [0.25, 0.3) is 0 Å². The molecule has 0 aliphatic rings. The highest BCUT2D eigenvalue weighted by Gasteiger charge is 2.07. The number of nitrogens with one attached hydrogen (secondary N) is 1. The molecule has 0 saturated heterocycles. The topological polar surface area (TPSA) is 38.3 Å². The molecule has 1 atom stereocenters. The van der Waals surface area contributed by atoms with Crippen molar-refractivity contribution in [3.05, 3.63) is 35.6 Å². The smallest absolute Gasteiger partial charge is 0.319 e. The summed E-state index contributed by atoms with van der Waals surface area (Å²) in [4.78, 5) is 11.1. The summed E-state index contributed by atoms with van der Waals surface area (Å²) in [6, 6.07) is 6.18. The Labute approximate surface area is 94.6 Å². The van der Waals surface area contributed by atoms with Crippen molar-refractivity contribution in [2.24, 2.45) is 0 Å².